The molecule has 0 spiro atoms. The van der Waals surface area contributed by atoms with E-state index in [1.165, 1.54) is 12.8 Å². The number of nitrogens with two attached hydrogens (primary N) is 1. The van der Waals surface area contributed by atoms with Crippen LogP contribution < -0.4 is 5.73 Å². The van der Waals surface area contributed by atoms with Crippen LogP contribution in [-0.2, 0) is 9.84 Å². The topological polar surface area (TPSA) is 60.2 Å². The summed E-state index contributed by atoms with van der Waals surface area (Å²) in [6, 6.07) is -0.126. The molecule has 2 rings (SSSR count). The Kier molecular flexibility index (Phi) is 4.70. The first-order chi connectivity index (χ1) is 8.53. The molecule has 18 heavy (non-hydrogen) atoms. The first-order valence-electron chi connectivity index (χ1n) is 7.50. The van der Waals surface area contributed by atoms with Crippen LogP contribution in [-0.4, -0.2) is 25.5 Å². The van der Waals surface area contributed by atoms with Crippen LogP contribution in [0.3, 0.4) is 0 Å². The van der Waals surface area contributed by atoms with E-state index in [0.717, 1.165) is 38.5 Å². The Morgan fingerprint density at radius 1 is 1.06 bits per heavy atom. The average molecular weight is 273 g/mol. The maximum absolute atomic E-state index is 12.5. The lowest BCUT2D eigenvalue weighted by molar-refractivity contribution is 0.318. The summed E-state index contributed by atoms with van der Waals surface area (Å²) < 4.78 is 25.1. The first-order valence-corrected chi connectivity index (χ1v) is 9.21. The lowest BCUT2D eigenvalue weighted by atomic mass is 9.84. The number of hydrogen-bond acceptors (Lipinski definition) is 3. The highest BCUT2D eigenvalue weighted by Gasteiger charge is 2.38. The van der Waals surface area contributed by atoms with Crippen molar-refractivity contribution in [3.63, 3.8) is 0 Å². The summed E-state index contributed by atoms with van der Waals surface area (Å²) in [6.45, 7) is 2.15. The molecule has 2 fully saturated rings. The van der Waals surface area contributed by atoms with E-state index >= 15 is 0 Å². The van der Waals surface area contributed by atoms with Crippen molar-refractivity contribution >= 4 is 9.84 Å². The lowest BCUT2D eigenvalue weighted by Gasteiger charge is -2.33. The van der Waals surface area contributed by atoms with Crippen molar-refractivity contribution in [1.29, 1.82) is 0 Å². The summed E-state index contributed by atoms with van der Waals surface area (Å²) >= 11 is 0. The molecule has 0 aromatic carbocycles. The second kappa shape index (κ2) is 5.91. The number of rotatable bonds is 4. The maximum Gasteiger partial charge on any atom is 0.154 e. The summed E-state index contributed by atoms with van der Waals surface area (Å²) in [5.74, 6) is 1.36. The third kappa shape index (κ3) is 3.27. The highest BCUT2D eigenvalue weighted by molar-refractivity contribution is 7.92. The quantitative estimate of drug-likeness (QED) is 0.856. The minimum Gasteiger partial charge on any atom is -0.327 e. The van der Waals surface area contributed by atoms with Crippen molar-refractivity contribution in [1.82, 2.24) is 0 Å². The molecule has 2 N–H and O–H groups in total. The average Bonchev–Trinajstić information content (AvgIpc) is 2.81. The predicted molar refractivity (Wildman–Crippen MR) is 75.1 cm³/mol. The van der Waals surface area contributed by atoms with E-state index in [4.69, 9.17) is 5.73 Å². The largest absolute Gasteiger partial charge is 0.327 e. The van der Waals surface area contributed by atoms with Crippen LogP contribution >= 0.6 is 0 Å². The van der Waals surface area contributed by atoms with Crippen LogP contribution in [0.2, 0.25) is 0 Å². The van der Waals surface area contributed by atoms with Gasteiger partial charge >= 0.3 is 0 Å². The normalized spacial score (nSPS) is 34.9. The molecule has 0 aromatic heterocycles. The molecule has 2 aliphatic carbocycles. The molecule has 0 heterocycles. The van der Waals surface area contributed by atoms with E-state index in [1.807, 2.05) is 0 Å². The maximum atomic E-state index is 12.5. The smallest absolute Gasteiger partial charge is 0.154 e. The molecule has 3 atom stereocenters. The van der Waals surface area contributed by atoms with Gasteiger partial charge in [-0.05, 0) is 43.9 Å². The van der Waals surface area contributed by atoms with E-state index in [2.05, 4.69) is 6.92 Å². The summed E-state index contributed by atoms with van der Waals surface area (Å²) in [5, 5.41) is -0.267. The van der Waals surface area contributed by atoms with Crippen molar-refractivity contribution in [2.45, 2.75) is 69.6 Å². The second-order valence-electron chi connectivity index (χ2n) is 6.27. The van der Waals surface area contributed by atoms with Crippen LogP contribution in [0.15, 0.2) is 0 Å². The standard InChI is InChI=1S/C14H27NO2S/c1-2-11-7-8-13(15)14(9-11)18(16,17)10-12-5-3-4-6-12/h11-14H,2-10,15H2,1H3. The minimum absolute atomic E-state index is 0.126. The van der Waals surface area contributed by atoms with Gasteiger partial charge in [0.1, 0.15) is 0 Å². The fourth-order valence-corrected chi connectivity index (χ4v) is 6.12. The molecule has 3 nitrogen and oxygen atoms in total. The molecule has 0 saturated heterocycles. The van der Waals surface area contributed by atoms with Gasteiger partial charge in [0, 0.05) is 6.04 Å². The third-order valence-corrected chi connectivity index (χ3v) is 7.33. The van der Waals surface area contributed by atoms with E-state index in [1.54, 1.807) is 0 Å². The second-order valence-corrected chi connectivity index (χ2v) is 8.53. The lowest BCUT2D eigenvalue weighted by Crippen LogP contribution is -2.46. The Morgan fingerprint density at radius 2 is 1.72 bits per heavy atom. The van der Waals surface area contributed by atoms with Gasteiger partial charge in [0.05, 0.1) is 11.0 Å². The van der Waals surface area contributed by atoms with Crippen molar-refractivity contribution in [3.05, 3.63) is 0 Å². The number of hydrogen-bond donors (Lipinski definition) is 1. The van der Waals surface area contributed by atoms with Gasteiger partial charge < -0.3 is 5.73 Å². The molecular weight excluding hydrogens is 246 g/mol. The van der Waals surface area contributed by atoms with Crippen molar-refractivity contribution < 1.29 is 8.42 Å². The summed E-state index contributed by atoms with van der Waals surface area (Å²) in [6.07, 6.45) is 8.47. The Hall–Kier alpha value is -0.0900. The van der Waals surface area contributed by atoms with Crippen molar-refractivity contribution in [2.75, 3.05) is 5.75 Å². The highest BCUT2D eigenvalue weighted by Crippen LogP contribution is 2.33. The van der Waals surface area contributed by atoms with Gasteiger partial charge in [0.15, 0.2) is 9.84 Å². The van der Waals surface area contributed by atoms with Crippen LogP contribution in [0.1, 0.15) is 58.3 Å². The van der Waals surface area contributed by atoms with E-state index < -0.39 is 9.84 Å². The van der Waals surface area contributed by atoms with E-state index in [9.17, 15) is 8.42 Å². The predicted octanol–water partition coefficient (Wildman–Crippen LogP) is 2.50. The van der Waals surface area contributed by atoms with Crippen LogP contribution in [0.25, 0.3) is 0 Å². The van der Waals surface area contributed by atoms with Crippen LogP contribution in [0.5, 0.6) is 0 Å². The van der Waals surface area contributed by atoms with Gasteiger partial charge in [0.2, 0.25) is 0 Å². The van der Waals surface area contributed by atoms with Crippen molar-refractivity contribution in [2.24, 2.45) is 17.6 Å². The van der Waals surface area contributed by atoms with Gasteiger partial charge in [-0.3, -0.25) is 0 Å². The summed E-state index contributed by atoms with van der Waals surface area (Å²) in [4.78, 5) is 0. The molecule has 106 valence electrons. The Bertz CT molecular complexity index is 360. The third-order valence-electron chi connectivity index (χ3n) is 4.93. The zero-order valence-corrected chi connectivity index (χ0v) is 12.3. The molecule has 0 bridgehead atoms. The fraction of sp³-hybridized carbons (Fsp3) is 1.00. The molecule has 0 radical (unpaired) electrons. The molecule has 0 amide bonds. The van der Waals surface area contributed by atoms with Crippen molar-refractivity contribution in [3.8, 4) is 0 Å². The Balaban J connectivity index is 2.02. The summed E-state index contributed by atoms with van der Waals surface area (Å²) in [5.41, 5.74) is 6.08. The van der Waals surface area contributed by atoms with Gasteiger partial charge in [-0.25, -0.2) is 8.42 Å². The Morgan fingerprint density at radius 3 is 2.33 bits per heavy atom. The number of sulfone groups is 1. The molecule has 3 unspecified atom stereocenters. The fourth-order valence-electron chi connectivity index (χ4n) is 3.65. The SMILES string of the molecule is CCC1CCC(N)C(S(=O)(=O)CC2CCCC2)C1. The molecule has 2 aliphatic rings. The van der Waals surface area contributed by atoms with Gasteiger partial charge in [-0.1, -0.05) is 26.2 Å². The molecule has 2 saturated carbocycles. The Labute approximate surface area is 111 Å². The first kappa shape index (κ1) is 14.3. The van der Waals surface area contributed by atoms with E-state index in [0.29, 0.717) is 17.6 Å². The zero-order valence-electron chi connectivity index (χ0n) is 11.5. The monoisotopic (exact) mass is 273 g/mol. The zero-order chi connectivity index (χ0) is 13.2. The molecular formula is C14H27NO2S. The van der Waals surface area contributed by atoms with Gasteiger partial charge in [0.25, 0.3) is 0 Å². The molecule has 4 heteroatoms. The minimum atomic E-state index is -2.98. The van der Waals surface area contributed by atoms with Gasteiger partial charge in [-0.2, -0.15) is 0 Å². The summed E-state index contributed by atoms with van der Waals surface area (Å²) in [7, 11) is -2.98. The van der Waals surface area contributed by atoms with Gasteiger partial charge in [-0.15, -0.1) is 0 Å². The van der Waals surface area contributed by atoms with E-state index in [-0.39, 0.29) is 11.3 Å². The van der Waals surface area contributed by atoms with Crippen LogP contribution in [0.4, 0.5) is 0 Å². The highest BCUT2D eigenvalue weighted by atomic mass is 32.2. The molecule has 0 aliphatic heterocycles. The van der Waals surface area contributed by atoms with Crippen LogP contribution in [0, 0.1) is 11.8 Å². The molecule has 0 aromatic rings.